The number of hydrogen-bond donors (Lipinski definition) is 1. The van der Waals surface area contributed by atoms with Gasteiger partial charge in [0.15, 0.2) is 15.8 Å². The molecule has 2 rings (SSSR count). The van der Waals surface area contributed by atoms with Crippen LogP contribution in [0.2, 0.25) is 0 Å². The first kappa shape index (κ1) is 24.4. The van der Waals surface area contributed by atoms with E-state index in [0.29, 0.717) is 23.8 Å². The summed E-state index contributed by atoms with van der Waals surface area (Å²) >= 11 is 0. The minimum Gasteiger partial charge on any atom is -0.352 e. The third-order valence-corrected chi connectivity index (χ3v) is 6.09. The van der Waals surface area contributed by atoms with E-state index in [0.717, 1.165) is 5.56 Å². The fraction of sp³-hybridized carbons (Fsp3) is 0.350. The van der Waals surface area contributed by atoms with E-state index in [1.165, 1.54) is 12.1 Å². The van der Waals surface area contributed by atoms with Crippen molar-refractivity contribution in [2.45, 2.75) is 30.8 Å². The number of halogens is 2. The van der Waals surface area contributed by atoms with Crippen molar-refractivity contribution in [3.8, 4) is 0 Å². The van der Waals surface area contributed by atoms with Gasteiger partial charge in [-0.25, -0.2) is 12.8 Å². The molecule has 0 amide bonds. The topological polar surface area (TPSA) is 61.8 Å². The van der Waals surface area contributed by atoms with Crippen LogP contribution in [0, 0.1) is 5.82 Å². The molecule has 1 atom stereocenters. The summed E-state index contributed by atoms with van der Waals surface area (Å²) in [6.07, 6.45) is 0.634. The van der Waals surface area contributed by atoms with Crippen LogP contribution < -0.4 is 5.32 Å². The molecule has 1 unspecified atom stereocenters. The van der Waals surface area contributed by atoms with Crippen LogP contribution in [-0.2, 0) is 16.4 Å². The maximum absolute atomic E-state index is 13.1. The molecule has 0 aliphatic rings. The van der Waals surface area contributed by atoms with Crippen LogP contribution in [0.25, 0.3) is 0 Å². The first-order valence-electron chi connectivity index (χ1n) is 8.82. The molecule has 0 radical (unpaired) electrons. The Morgan fingerprint density at radius 2 is 1.75 bits per heavy atom. The molecule has 0 saturated carbocycles. The van der Waals surface area contributed by atoms with Crippen molar-refractivity contribution in [2.75, 3.05) is 19.8 Å². The molecule has 1 N–H and O–H groups in total. The fourth-order valence-corrected chi connectivity index (χ4v) is 4.33. The number of nitrogens with zero attached hydrogens (tertiary/aromatic N) is 2. The Hall–Kier alpha value is -1.68. The zero-order valence-electron chi connectivity index (χ0n) is 16.3. The molecule has 0 aromatic heterocycles. The summed E-state index contributed by atoms with van der Waals surface area (Å²) in [5.74, 6) is 0.298. The predicted molar refractivity (Wildman–Crippen MR) is 122 cm³/mol. The minimum atomic E-state index is -3.39. The highest BCUT2D eigenvalue weighted by molar-refractivity contribution is 14.0. The van der Waals surface area contributed by atoms with E-state index in [9.17, 15) is 12.8 Å². The number of rotatable bonds is 7. The van der Waals surface area contributed by atoms with Gasteiger partial charge in [0.25, 0.3) is 0 Å². The Labute approximate surface area is 184 Å². The van der Waals surface area contributed by atoms with Crippen LogP contribution in [0.4, 0.5) is 4.39 Å². The Morgan fingerprint density at radius 1 is 1.14 bits per heavy atom. The first-order chi connectivity index (χ1) is 12.9. The third-order valence-electron chi connectivity index (χ3n) is 4.26. The average molecular weight is 519 g/mol. The van der Waals surface area contributed by atoms with Gasteiger partial charge in [-0.05, 0) is 36.2 Å². The molecule has 8 heteroatoms. The van der Waals surface area contributed by atoms with E-state index in [4.69, 9.17) is 0 Å². The van der Waals surface area contributed by atoms with Crippen LogP contribution in [0.15, 0.2) is 64.5 Å². The van der Waals surface area contributed by atoms with E-state index >= 15 is 0 Å². The van der Waals surface area contributed by atoms with E-state index in [-0.39, 0.29) is 41.6 Å². The highest BCUT2D eigenvalue weighted by atomic mass is 127. The molecule has 154 valence electrons. The largest absolute Gasteiger partial charge is 0.352 e. The van der Waals surface area contributed by atoms with Crippen LogP contribution >= 0.6 is 24.0 Å². The minimum absolute atomic E-state index is 0. The van der Waals surface area contributed by atoms with Gasteiger partial charge < -0.3 is 10.2 Å². The molecular formula is C20H27FIN3O2S. The molecule has 0 aliphatic carbocycles. The Balaban J connectivity index is 0.00000392. The molecule has 0 fully saturated rings. The van der Waals surface area contributed by atoms with Gasteiger partial charge in [-0.1, -0.05) is 37.3 Å². The summed E-state index contributed by atoms with van der Waals surface area (Å²) in [5.41, 5.74) is 0.937. The molecule has 0 saturated heterocycles. The second-order valence-corrected chi connectivity index (χ2v) is 8.41. The van der Waals surface area contributed by atoms with Gasteiger partial charge in [0, 0.05) is 26.7 Å². The van der Waals surface area contributed by atoms with Crippen molar-refractivity contribution in [1.29, 1.82) is 0 Å². The number of hydrogen-bond acceptors (Lipinski definition) is 3. The van der Waals surface area contributed by atoms with Crippen LogP contribution in [0.1, 0.15) is 18.9 Å². The Bertz CT molecular complexity index is 859. The van der Waals surface area contributed by atoms with E-state index in [1.807, 2.05) is 18.9 Å². The lowest BCUT2D eigenvalue weighted by Gasteiger charge is -2.26. The zero-order valence-corrected chi connectivity index (χ0v) is 19.4. The summed E-state index contributed by atoms with van der Waals surface area (Å²) in [4.78, 5) is 6.45. The van der Waals surface area contributed by atoms with Gasteiger partial charge in [-0.15, -0.1) is 24.0 Å². The number of aliphatic imine (C=N–C) groups is 1. The Morgan fingerprint density at radius 3 is 2.29 bits per heavy atom. The summed E-state index contributed by atoms with van der Waals surface area (Å²) in [5, 5.41) is 3.23. The smallest absolute Gasteiger partial charge is 0.193 e. The second-order valence-electron chi connectivity index (χ2n) is 6.37. The fourth-order valence-electron chi connectivity index (χ4n) is 2.72. The number of nitrogens with one attached hydrogen (secondary N) is 1. The molecule has 5 nitrogen and oxygen atoms in total. The summed E-state index contributed by atoms with van der Waals surface area (Å²) in [6, 6.07) is 14.4. The monoisotopic (exact) mass is 519 g/mol. The van der Waals surface area contributed by atoms with Gasteiger partial charge in [-0.2, -0.15) is 0 Å². The van der Waals surface area contributed by atoms with Crippen LogP contribution in [0.3, 0.4) is 0 Å². The molecule has 0 aliphatic heterocycles. The molecule has 28 heavy (non-hydrogen) atoms. The normalized spacial score (nSPS) is 12.8. The lowest BCUT2D eigenvalue weighted by atomic mass is 10.2. The molecule has 2 aromatic carbocycles. The SMILES string of the molecule is CCC(CS(=O)(=O)c1ccccc1)NC(=NC)N(C)Cc1ccc(F)cc1.I. The highest BCUT2D eigenvalue weighted by Gasteiger charge is 2.21. The second kappa shape index (κ2) is 11.4. The zero-order chi connectivity index (χ0) is 19.9. The quantitative estimate of drug-likeness (QED) is 0.345. The number of sulfone groups is 1. The van der Waals surface area contributed by atoms with Gasteiger partial charge in [0.2, 0.25) is 0 Å². The van der Waals surface area contributed by atoms with Gasteiger partial charge in [-0.3, -0.25) is 4.99 Å². The molecule has 0 spiro atoms. The van der Waals surface area contributed by atoms with Crippen molar-refractivity contribution in [3.63, 3.8) is 0 Å². The van der Waals surface area contributed by atoms with Crippen LogP contribution in [0.5, 0.6) is 0 Å². The highest BCUT2D eigenvalue weighted by Crippen LogP contribution is 2.13. The molecule has 0 heterocycles. The van der Waals surface area contributed by atoms with Crippen molar-refractivity contribution in [1.82, 2.24) is 10.2 Å². The maximum Gasteiger partial charge on any atom is 0.193 e. The van der Waals surface area contributed by atoms with Crippen molar-refractivity contribution in [3.05, 3.63) is 66.0 Å². The number of benzene rings is 2. The van der Waals surface area contributed by atoms with Crippen molar-refractivity contribution in [2.24, 2.45) is 4.99 Å². The van der Waals surface area contributed by atoms with Crippen molar-refractivity contribution < 1.29 is 12.8 Å². The average Bonchev–Trinajstić information content (AvgIpc) is 2.67. The van der Waals surface area contributed by atoms with Gasteiger partial charge in [0.1, 0.15) is 5.82 Å². The Kier molecular flexibility index (Phi) is 9.88. The third kappa shape index (κ3) is 7.05. The van der Waals surface area contributed by atoms with E-state index < -0.39 is 9.84 Å². The van der Waals surface area contributed by atoms with Gasteiger partial charge in [0.05, 0.1) is 10.6 Å². The summed E-state index contributed by atoms with van der Waals surface area (Å²) < 4.78 is 38.3. The molecule has 2 aromatic rings. The number of guanidine groups is 1. The van der Waals surface area contributed by atoms with E-state index in [2.05, 4.69) is 10.3 Å². The summed E-state index contributed by atoms with van der Waals surface area (Å²) in [7, 11) is 0.120. The first-order valence-corrected chi connectivity index (χ1v) is 10.5. The molecule has 0 bridgehead atoms. The lowest BCUT2D eigenvalue weighted by Crippen LogP contribution is -2.46. The van der Waals surface area contributed by atoms with Gasteiger partial charge >= 0.3 is 0 Å². The standard InChI is InChI=1S/C20H26FN3O2S.HI/c1-4-18(15-27(25,26)19-8-6-5-7-9-19)23-20(22-2)24(3)14-16-10-12-17(21)13-11-16;/h5-13,18H,4,14-15H2,1-3H3,(H,22,23);1H. The van der Waals surface area contributed by atoms with Crippen molar-refractivity contribution >= 4 is 39.8 Å². The van der Waals surface area contributed by atoms with Crippen LogP contribution in [-0.4, -0.2) is 45.2 Å². The molecular weight excluding hydrogens is 492 g/mol. The van der Waals surface area contributed by atoms with E-state index in [1.54, 1.807) is 49.5 Å². The maximum atomic E-state index is 13.1. The lowest BCUT2D eigenvalue weighted by molar-refractivity contribution is 0.460. The predicted octanol–water partition coefficient (Wildman–Crippen LogP) is 3.70. The summed E-state index contributed by atoms with van der Waals surface area (Å²) in [6.45, 7) is 2.47.